The van der Waals surface area contributed by atoms with Crippen molar-refractivity contribution in [3.05, 3.63) is 52.8 Å². The maximum absolute atomic E-state index is 12.4. The summed E-state index contributed by atoms with van der Waals surface area (Å²) in [5, 5.41) is 4.12. The molecule has 6 nitrogen and oxygen atoms in total. The van der Waals surface area contributed by atoms with Crippen LogP contribution in [0.4, 0.5) is 0 Å². The Labute approximate surface area is 141 Å². The van der Waals surface area contributed by atoms with Gasteiger partial charge in [0.05, 0.1) is 0 Å². The molecule has 1 aliphatic heterocycles. The zero-order valence-corrected chi connectivity index (χ0v) is 14.3. The fraction of sp³-hybridized carbons (Fsp3) is 0.389. The second-order valence-electron chi connectivity index (χ2n) is 6.41. The Morgan fingerprint density at radius 2 is 1.88 bits per heavy atom. The third-order valence-corrected chi connectivity index (χ3v) is 4.19. The molecule has 0 N–H and O–H groups in total. The second-order valence-corrected chi connectivity index (χ2v) is 6.41. The molecule has 3 rings (SSSR count). The summed E-state index contributed by atoms with van der Waals surface area (Å²) in [4.78, 5) is 28.2. The topological polar surface area (TPSA) is 58.4 Å². The molecular weight excluding hydrogens is 304 g/mol. The molecule has 0 aliphatic carbocycles. The molecule has 1 fully saturated rings. The van der Waals surface area contributed by atoms with E-state index in [1.54, 1.807) is 28.9 Å². The smallest absolute Gasteiger partial charge is 0.274 e. The van der Waals surface area contributed by atoms with Crippen molar-refractivity contribution in [3.63, 3.8) is 0 Å². The van der Waals surface area contributed by atoms with Gasteiger partial charge in [-0.2, -0.15) is 5.10 Å². The Bertz CT molecular complexity index is 761. The van der Waals surface area contributed by atoms with Gasteiger partial charge in [0.2, 0.25) is 5.91 Å². The summed E-state index contributed by atoms with van der Waals surface area (Å²) < 4.78 is 1.59. The predicted octanol–water partition coefficient (Wildman–Crippen LogP) is 1.52. The van der Waals surface area contributed by atoms with Crippen molar-refractivity contribution >= 4 is 11.8 Å². The fourth-order valence-electron chi connectivity index (χ4n) is 3.12. The Hall–Kier alpha value is -2.63. The minimum absolute atomic E-state index is 0.0234. The number of nitrogens with zero attached hydrogens (tertiary/aromatic N) is 4. The lowest BCUT2D eigenvalue weighted by atomic mass is 10.1. The Morgan fingerprint density at radius 1 is 1.17 bits per heavy atom. The van der Waals surface area contributed by atoms with Crippen LogP contribution in [0.3, 0.4) is 0 Å². The number of hydrogen-bond donors (Lipinski definition) is 0. The SMILES string of the molecule is Cc1cc(C)cc(CN2CCN(C(=O)c3ccn(C)n3)CC2=O)c1. The van der Waals surface area contributed by atoms with Gasteiger partial charge in [0.15, 0.2) is 0 Å². The first kappa shape index (κ1) is 16.2. The van der Waals surface area contributed by atoms with Crippen LogP contribution in [0.5, 0.6) is 0 Å². The van der Waals surface area contributed by atoms with Crippen molar-refractivity contribution in [1.82, 2.24) is 19.6 Å². The predicted molar refractivity (Wildman–Crippen MR) is 90.4 cm³/mol. The highest BCUT2D eigenvalue weighted by atomic mass is 16.2. The summed E-state index contributed by atoms with van der Waals surface area (Å²) >= 11 is 0. The average Bonchev–Trinajstić information content (AvgIpc) is 2.94. The van der Waals surface area contributed by atoms with Crippen molar-refractivity contribution in [2.75, 3.05) is 19.6 Å². The Balaban J connectivity index is 1.65. The Morgan fingerprint density at radius 3 is 2.46 bits per heavy atom. The van der Waals surface area contributed by atoms with Crippen LogP contribution in [-0.2, 0) is 18.4 Å². The second kappa shape index (κ2) is 6.47. The van der Waals surface area contributed by atoms with E-state index in [1.165, 1.54) is 11.1 Å². The number of carbonyl (C=O) groups excluding carboxylic acids is 2. The molecule has 1 saturated heterocycles. The normalized spacial score (nSPS) is 15.0. The van der Waals surface area contributed by atoms with Gasteiger partial charge in [-0.15, -0.1) is 0 Å². The summed E-state index contributed by atoms with van der Waals surface area (Å²) in [6.45, 7) is 5.90. The highest BCUT2D eigenvalue weighted by Gasteiger charge is 2.28. The lowest BCUT2D eigenvalue weighted by molar-refractivity contribution is -0.135. The number of carbonyl (C=O) groups is 2. The third kappa shape index (κ3) is 3.48. The summed E-state index contributed by atoms with van der Waals surface area (Å²) in [5.74, 6) is -0.209. The number of rotatable bonds is 3. The maximum atomic E-state index is 12.4. The quantitative estimate of drug-likeness (QED) is 0.859. The third-order valence-electron chi connectivity index (χ3n) is 4.19. The van der Waals surface area contributed by atoms with Gasteiger partial charge >= 0.3 is 0 Å². The molecule has 1 aromatic heterocycles. The fourth-order valence-corrected chi connectivity index (χ4v) is 3.12. The number of aromatic nitrogens is 2. The molecule has 126 valence electrons. The molecule has 6 heteroatoms. The van der Waals surface area contributed by atoms with Crippen molar-refractivity contribution in [3.8, 4) is 0 Å². The molecule has 0 unspecified atom stereocenters. The monoisotopic (exact) mass is 326 g/mol. The lowest BCUT2D eigenvalue weighted by Crippen LogP contribution is -2.51. The van der Waals surface area contributed by atoms with Crippen LogP contribution in [0.1, 0.15) is 27.2 Å². The van der Waals surface area contributed by atoms with Gasteiger partial charge < -0.3 is 9.80 Å². The van der Waals surface area contributed by atoms with Gasteiger partial charge in [0.1, 0.15) is 12.2 Å². The van der Waals surface area contributed by atoms with Gasteiger partial charge in [-0.25, -0.2) is 0 Å². The van der Waals surface area contributed by atoms with E-state index in [0.717, 1.165) is 5.56 Å². The molecular formula is C18H22N4O2. The van der Waals surface area contributed by atoms with Crippen molar-refractivity contribution in [2.45, 2.75) is 20.4 Å². The number of hydrogen-bond acceptors (Lipinski definition) is 3. The first-order valence-corrected chi connectivity index (χ1v) is 8.06. The van der Waals surface area contributed by atoms with E-state index in [2.05, 4.69) is 37.1 Å². The van der Waals surface area contributed by atoms with Crippen molar-refractivity contribution < 1.29 is 9.59 Å². The number of aryl methyl sites for hydroxylation is 3. The first-order valence-electron chi connectivity index (χ1n) is 8.06. The van der Waals surface area contributed by atoms with Crippen LogP contribution in [0.25, 0.3) is 0 Å². The van der Waals surface area contributed by atoms with Crippen LogP contribution in [-0.4, -0.2) is 51.0 Å². The molecule has 0 radical (unpaired) electrons. The Kier molecular flexibility index (Phi) is 4.38. The van der Waals surface area contributed by atoms with Gasteiger partial charge in [0, 0.05) is 32.9 Å². The summed E-state index contributed by atoms with van der Waals surface area (Å²) in [6, 6.07) is 8.00. The summed E-state index contributed by atoms with van der Waals surface area (Å²) in [6.07, 6.45) is 1.73. The molecule has 2 amide bonds. The molecule has 1 aliphatic rings. The van der Waals surface area contributed by atoms with E-state index in [-0.39, 0.29) is 18.4 Å². The molecule has 2 heterocycles. The van der Waals surface area contributed by atoms with E-state index < -0.39 is 0 Å². The average molecular weight is 326 g/mol. The molecule has 0 spiro atoms. The summed E-state index contributed by atoms with van der Waals surface area (Å²) in [5.41, 5.74) is 3.90. The van der Waals surface area contributed by atoms with Gasteiger partial charge in [-0.1, -0.05) is 29.3 Å². The molecule has 24 heavy (non-hydrogen) atoms. The van der Waals surface area contributed by atoms with E-state index in [4.69, 9.17) is 0 Å². The summed E-state index contributed by atoms with van der Waals surface area (Å²) in [7, 11) is 1.77. The van der Waals surface area contributed by atoms with E-state index in [1.807, 2.05) is 4.90 Å². The van der Waals surface area contributed by atoms with Crippen LogP contribution in [0.2, 0.25) is 0 Å². The molecule has 0 saturated carbocycles. The minimum Gasteiger partial charge on any atom is -0.335 e. The maximum Gasteiger partial charge on any atom is 0.274 e. The highest BCUT2D eigenvalue weighted by Crippen LogP contribution is 2.14. The van der Waals surface area contributed by atoms with E-state index >= 15 is 0 Å². The number of piperazine rings is 1. The molecule has 0 bridgehead atoms. The highest BCUT2D eigenvalue weighted by molar-refractivity contribution is 5.95. The standard InChI is InChI=1S/C18H22N4O2/c1-13-8-14(2)10-15(9-13)11-21-6-7-22(12-17(21)23)18(24)16-4-5-20(3)19-16/h4-5,8-10H,6-7,11-12H2,1-3H3. The molecule has 0 atom stereocenters. The zero-order valence-electron chi connectivity index (χ0n) is 14.3. The molecule has 1 aromatic carbocycles. The lowest BCUT2D eigenvalue weighted by Gasteiger charge is -2.34. The van der Waals surface area contributed by atoms with Crippen LogP contribution in [0, 0.1) is 13.8 Å². The minimum atomic E-state index is -0.185. The van der Waals surface area contributed by atoms with Gasteiger partial charge in [-0.05, 0) is 25.5 Å². The largest absolute Gasteiger partial charge is 0.335 e. The number of benzene rings is 1. The van der Waals surface area contributed by atoms with Crippen LogP contribution >= 0.6 is 0 Å². The van der Waals surface area contributed by atoms with Crippen molar-refractivity contribution in [2.24, 2.45) is 7.05 Å². The van der Waals surface area contributed by atoms with E-state index in [9.17, 15) is 9.59 Å². The zero-order chi connectivity index (χ0) is 17.3. The molecule has 2 aromatic rings. The van der Waals surface area contributed by atoms with Crippen LogP contribution < -0.4 is 0 Å². The van der Waals surface area contributed by atoms with Crippen molar-refractivity contribution in [1.29, 1.82) is 0 Å². The van der Waals surface area contributed by atoms with E-state index in [0.29, 0.717) is 25.3 Å². The number of amides is 2. The van der Waals surface area contributed by atoms with Gasteiger partial charge in [0.25, 0.3) is 5.91 Å². The van der Waals surface area contributed by atoms with Crippen LogP contribution in [0.15, 0.2) is 30.5 Å². The van der Waals surface area contributed by atoms with Gasteiger partial charge in [-0.3, -0.25) is 14.3 Å². The first-order chi connectivity index (χ1) is 11.4.